The summed E-state index contributed by atoms with van der Waals surface area (Å²) in [4.78, 5) is 0. The van der Waals surface area contributed by atoms with Gasteiger partial charge in [0, 0.05) is 12.2 Å². The molecule has 1 rings (SSSR count). The number of benzene rings is 1. The Morgan fingerprint density at radius 2 is 1.81 bits per heavy atom. The second kappa shape index (κ2) is 11.6. The molecule has 3 nitrogen and oxygen atoms in total. The predicted octanol–water partition coefficient (Wildman–Crippen LogP) is 4.33. The van der Waals surface area contributed by atoms with Crippen molar-refractivity contribution in [2.45, 2.75) is 52.0 Å². The summed E-state index contributed by atoms with van der Waals surface area (Å²) in [6, 6.07) is 8.37. The van der Waals surface area contributed by atoms with Crippen molar-refractivity contribution in [2.75, 3.05) is 26.9 Å². The van der Waals surface area contributed by atoms with Crippen LogP contribution in [0.25, 0.3) is 0 Å². The molecular formula is C18H31NO2. The van der Waals surface area contributed by atoms with Gasteiger partial charge in [0.05, 0.1) is 19.3 Å². The second-order valence-electron chi connectivity index (χ2n) is 5.30. The predicted molar refractivity (Wildman–Crippen MR) is 89.0 cm³/mol. The van der Waals surface area contributed by atoms with Gasteiger partial charge in [-0.3, -0.25) is 0 Å². The number of rotatable bonds is 12. The Hall–Kier alpha value is -1.06. The molecule has 0 aliphatic rings. The van der Waals surface area contributed by atoms with Crippen LogP contribution in [0.3, 0.4) is 0 Å². The number of hydrogen-bond donors (Lipinski definition) is 1. The maximum atomic E-state index is 5.84. The number of para-hydroxylation sites is 1. The summed E-state index contributed by atoms with van der Waals surface area (Å²) in [5.74, 6) is 0.950. The lowest BCUT2D eigenvalue weighted by molar-refractivity contribution is 0.109. The quantitative estimate of drug-likeness (QED) is 0.582. The van der Waals surface area contributed by atoms with E-state index in [1.54, 1.807) is 0 Å². The van der Waals surface area contributed by atoms with Gasteiger partial charge in [0.1, 0.15) is 5.75 Å². The van der Waals surface area contributed by atoms with Crippen LogP contribution in [0.5, 0.6) is 5.75 Å². The SMILES string of the molecule is CCCCCCCOCC(NC)c1ccccc1OCC. The Morgan fingerprint density at radius 1 is 1.05 bits per heavy atom. The maximum Gasteiger partial charge on any atom is 0.124 e. The fraction of sp³-hybridized carbons (Fsp3) is 0.667. The molecule has 120 valence electrons. The molecule has 1 N–H and O–H groups in total. The molecule has 0 aromatic heterocycles. The van der Waals surface area contributed by atoms with Crippen LogP contribution < -0.4 is 10.1 Å². The molecule has 1 unspecified atom stereocenters. The molecule has 0 fully saturated rings. The first-order chi connectivity index (χ1) is 10.3. The van der Waals surface area contributed by atoms with Gasteiger partial charge in [0.25, 0.3) is 0 Å². The Bertz CT molecular complexity index is 368. The largest absolute Gasteiger partial charge is 0.494 e. The first-order valence-corrected chi connectivity index (χ1v) is 8.30. The van der Waals surface area contributed by atoms with Crippen LogP contribution >= 0.6 is 0 Å². The molecule has 0 bridgehead atoms. The van der Waals surface area contributed by atoms with Gasteiger partial charge in [-0.2, -0.15) is 0 Å². The van der Waals surface area contributed by atoms with E-state index in [9.17, 15) is 0 Å². The van der Waals surface area contributed by atoms with Crippen LogP contribution in [-0.2, 0) is 4.74 Å². The first kappa shape index (κ1) is 18.0. The third-order valence-electron chi connectivity index (χ3n) is 3.62. The molecule has 1 atom stereocenters. The van der Waals surface area contributed by atoms with Crippen LogP contribution in [0.1, 0.15) is 57.6 Å². The minimum Gasteiger partial charge on any atom is -0.494 e. The number of ether oxygens (including phenoxy) is 2. The summed E-state index contributed by atoms with van der Waals surface area (Å²) < 4.78 is 11.5. The lowest BCUT2D eigenvalue weighted by atomic mass is 10.1. The minimum atomic E-state index is 0.184. The molecule has 1 aromatic carbocycles. The third-order valence-corrected chi connectivity index (χ3v) is 3.62. The van der Waals surface area contributed by atoms with Crippen molar-refractivity contribution in [3.05, 3.63) is 29.8 Å². The van der Waals surface area contributed by atoms with Crippen LogP contribution in [-0.4, -0.2) is 26.9 Å². The highest BCUT2D eigenvalue weighted by atomic mass is 16.5. The van der Waals surface area contributed by atoms with Crippen molar-refractivity contribution in [1.29, 1.82) is 0 Å². The van der Waals surface area contributed by atoms with Gasteiger partial charge < -0.3 is 14.8 Å². The summed E-state index contributed by atoms with van der Waals surface area (Å²) >= 11 is 0. The van der Waals surface area contributed by atoms with Crippen LogP contribution in [0, 0.1) is 0 Å². The molecule has 0 saturated carbocycles. The lowest BCUT2D eigenvalue weighted by Gasteiger charge is -2.20. The van der Waals surface area contributed by atoms with Gasteiger partial charge in [-0.1, -0.05) is 50.8 Å². The van der Waals surface area contributed by atoms with Gasteiger partial charge in [0.15, 0.2) is 0 Å². The highest BCUT2D eigenvalue weighted by molar-refractivity contribution is 5.36. The first-order valence-electron chi connectivity index (χ1n) is 8.30. The van der Waals surface area contributed by atoms with Crippen molar-refractivity contribution >= 4 is 0 Å². The Morgan fingerprint density at radius 3 is 2.52 bits per heavy atom. The second-order valence-corrected chi connectivity index (χ2v) is 5.30. The molecule has 0 spiro atoms. The lowest BCUT2D eigenvalue weighted by Crippen LogP contribution is -2.22. The van der Waals surface area contributed by atoms with E-state index in [4.69, 9.17) is 9.47 Å². The zero-order valence-electron chi connectivity index (χ0n) is 13.9. The molecule has 0 saturated heterocycles. The Balaban J connectivity index is 2.37. The van der Waals surface area contributed by atoms with Crippen LogP contribution in [0.2, 0.25) is 0 Å². The molecule has 0 radical (unpaired) electrons. The summed E-state index contributed by atoms with van der Waals surface area (Å²) in [5.41, 5.74) is 1.17. The number of unbranched alkanes of at least 4 members (excludes halogenated alkanes) is 4. The molecule has 1 aromatic rings. The molecule has 3 heteroatoms. The van der Waals surface area contributed by atoms with E-state index in [2.05, 4.69) is 18.3 Å². The highest BCUT2D eigenvalue weighted by Crippen LogP contribution is 2.25. The Labute approximate surface area is 130 Å². The van der Waals surface area contributed by atoms with Crippen molar-refractivity contribution in [3.8, 4) is 5.75 Å². The van der Waals surface area contributed by atoms with E-state index in [-0.39, 0.29) is 6.04 Å². The van der Waals surface area contributed by atoms with Gasteiger partial charge in [-0.05, 0) is 26.5 Å². The van der Waals surface area contributed by atoms with Gasteiger partial charge in [-0.15, -0.1) is 0 Å². The van der Waals surface area contributed by atoms with Gasteiger partial charge in [0.2, 0.25) is 0 Å². The molecule has 0 heterocycles. The molecular weight excluding hydrogens is 262 g/mol. The standard InChI is InChI=1S/C18H31NO2/c1-4-6-7-8-11-14-20-15-17(19-3)16-12-9-10-13-18(16)21-5-2/h9-10,12-13,17,19H,4-8,11,14-15H2,1-3H3. The van der Waals surface area contributed by atoms with E-state index in [0.717, 1.165) is 18.8 Å². The molecule has 0 amide bonds. The van der Waals surface area contributed by atoms with Crippen molar-refractivity contribution in [2.24, 2.45) is 0 Å². The van der Waals surface area contributed by atoms with E-state index >= 15 is 0 Å². The smallest absolute Gasteiger partial charge is 0.124 e. The maximum absolute atomic E-state index is 5.84. The van der Waals surface area contributed by atoms with E-state index in [0.29, 0.717) is 13.2 Å². The summed E-state index contributed by atoms with van der Waals surface area (Å²) in [6.45, 7) is 6.47. The highest BCUT2D eigenvalue weighted by Gasteiger charge is 2.14. The monoisotopic (exact) mass is 293 g/mol. The fourth-order valence-corrected chi connectivity index (χ4v) is 2.39. The van der Waals surface area contributed by atoms with Crippen LogP contribution in [0.4, 0.5) is 0 Å². The van der Waals surface area contributed by atoms with Crippen LogP contribution in [0.15, 0.2) is 24.3 Å². The van der Waals surface area contributed by atoms with E-state index in [1.165, 1.54) is 31.2 Å². The summed E-state index contributed by atoms with van der Waals surface area (Å²) in [6.07, 6.45) is 6.37. The van der Waals surface area contributed by atoms with E-state index in [1.807, 2.05) is 32.2 Å². The van der Waals surface area contributed by atoms with Crippen molar-refractivity contribution in [1.82, 2.24) is 5.32 Å². The molecule has 0 aliphatic carbocycles. The normalized spacial score (nSPS) is 12.3. The number of hydrogen-bond acceptors (Lipinski definition) is 3. The zero-order valence-corrected chi connectivity index (χ0v) is 13.9. The minimum absolute atomic E-state index is 0.184. The topological polar surface area (TPSA) is 30.5 Å². The fourth-order valence-electron chi connectivity index (χ4n) is 2.39. The van der Waals surface area contributed by atoms with Crippen molar-refractivity contribution < 1.29 is 9.47 Å². The molecule has 0 aliphatic heterocycles. The summed E-state index contributed by atoms with van der Waals surface area (Å²) in [7, 11) is 1.97. The third kappa shape index (κ3) is 6.96. The zero-order chi connectivity index (χ0) is 15.3. The average Bonchev–Trinajstić information content (AvgIpc) is 2.51. The Kier molecular flexibility index (Phi) is 9.92. The van der Waals surface area contributed by atoms with Crippen molar-refractivity contribution in [3.63, 3.8) is 0 Å². The average molecular weight is 293 g/mol. The number of nitrogens with one attached hydrogen (secondary N) is 1. The summed E-state index contributed by atoms with van der Waals surface area (Å²) in [5, 5.41) is 3.32. The van der Waals surface area contributed by atoms with Gasteiger partial charge in [-0.25, -0.2) is 0 Å². The molecule has 21 heavy (non-hydrogen) atoms. The van der Waals surface area contributed by atoms with Gasteiger partial charge >= 0.3 is 0 Å². The number of likely N-dealkylation sites (N-methyl/N-ethyl adjacent to an activating group) is 1. The van der Waals surface area contributed by atoms with E-state index < -0.39 is 0 Å².